The number of nitrogens with one attached hydrogen (secondary N) is 1. The number of primary amides is 1. The van der Waals surface area contributed by atoms with Crippen molar-refractivity contribution in [3.05, 3.63) is 29.6 Å². The van der Waals surface area contributed by atoms with Gasteiger partial charge in [0.1, 0.15) is 5.82 Å². The molecule has 1 aliphatic carbocycles. The van der Waals surface area contributed by atoms with Crippen LogP contribution in [0.2, 0.25) is 0 Å². The van der Waals surface area contributed by atoms with Crippen LogP contribution in [0.3, 0.4) is 0 Å². The summed E-state index contributed by atoms with van der Waals surface area (Å²) in [6, 6.07) is 4.13. The first-order valence-electron chi connectivity index (χ1n) is 6.82. The molecule has 1 amide bonds. The van der Waals surface area contributed by atoms with Gasteiger partial charge in [0.25, 0.3) is 0 Å². The van der Waals surface area contributed by atoms with Crippen LogP contribution in [0.1, 0.15) is 37.7 Å². The van der Waals surface area contributed by atoms with Crippen molar-refractivity contribution in [2.45, 2.75) is 37.5 Å². The van der Waals surface area contributed by atoms with E-state index in [4.69, 9.17) is 5.73 Å². The Morgan fingerprint density at radius 1 is 1.29 bits per heavy atom. The van der Waals surface area contributed by atoms with Gasteiger partial charge in [-0.1, -0.05) is 25.3 Å². The van der Waals surface area contributed by atoms with Gasteiger partial charge in [0.05, 0.1) is 17.4 Å². The van der Waals surface area contributed by atoms with Crippen molar-refractivity contribution in [3.8, 4) is 0 Å². The van der Waals surface area contributed by atoms with Gasteiger partial charge in [-0.05, 0) is 30.5 Å². The maximum absolute atomic E-state index is 14.1. The van der Waals surface area contributed by atoms with E-state index in [-0.39, 0.29) is 5.69 Å². The number of amides is 1. The van der Waals surface area contributed by atoms with Crippen LogP contribution >= 0.6 is 0 Å². The zero-order valence-electron chi connectivity index (χ0n) is 11.9. The first-order valence-corrected chi connectivity index (χ1v) is 8.71. The first-order chi connectivity index (χ1) is 9.74. The molecule has 1 aromatic rings. The second-order valence-corrected chi connectivity index (χ2v) is 7.32. The second-order valence-electron chi connectivity index (χ2n) is 5.58. The number of hydrogen-bond acceptors (Lipinski definition) is 3. The molecule has 21 heavy (non-hydrogen) atoms. The van der Waals surface area contributed by atoms with Crippen molar-refractivity contribution in [3.63, 3.8) is 0 Å². The maximum Gasteiger partial charge on any atom is 0.229 e. The van der Waals surface area contributed by atoms with E-state index in [1.165, 1.54) is 12.1 Å². The van der Waals surface area contributed by atoms with E-state index in [0.717, 1.165) is 25.5 Å². The molecule has 3 N–H and O–H groups in total. The Labute approximate surface area is 123 Å². The Hall–Kier alpha value is -1.63. The third-order valence-corrected chi connectivity index (χ3v) is 4.59. The minimum atomic E-state index is -3.55. The van der Waals surface area contributed by atoms with Crippen LogP contribution in [0.4, 0.5) is 10.1 Å². The topological polar surface area (TPSA) is 89.3 Å². The van der Waals surface area contributed by atoms with Gasteiger partial charge in [0, 0.05) is 0 Å². The largest absolute Gasteiger partial charge is 0.369 e. The molecule has 1 aliphatic rings. The number of carbonyl (C=O) groups is 1. The number of benzene rings is 1. The van der Waals surface area contributed by atoms with E-state index in [1.807, 2.05) is 0 Å². The Morgan fingerprint density at radius 2 is 1.90 bits per heavy atom. The van der Waals surface area contributed by atoms with Crippen molar-refractivity contribution < 1.29 is 17.6 Å². The third kappa shape index (κ3) is 3.34. The van der Waals surface area contributed by atoms with E-state index < -0.39 is 27.2 Å². The van der Waals surface area contributed by atoms with Crippen LogP contribution in [-0.4, -0.2) is 20.6 Å². The van der Waals surface area contributed by atoms with Crippen LogP contribution in [0, 0.1) is 5.82 Å². The summed E-state index contributed by atoms with van der Waals surface area (Å²) in [7, 11) is -3.55. The van der Waals surface area contributed by atoms with Gasteiger partial charge in [-0.2, -0.15) is 0 Å². The average Bonchev–Trinajstić information content (AvgIpc) is 2.40. The summed E-state index contributed by atoms with van der Waals surface area (Å²) in [6.07, 6.45) is 4.92. The highest BCUT2D eigenvalue weighted by atomic mass is 32.2. The van der Waals surface area contributed by atoms with Gasteiger partial charge < -0.3 is 5.73 Å². The van der Waals surface area contributed by atoms with Gasteiger partial charge in [0.15, 0.2) is 0 Å². The number of hydrogen-bond donors (Lipinski definition) is 2. The van der Waals surface area contributed by atoms with Gasteiger partial charge in [-0.25, -0.2) is 12.8 Å². The molecule has 0 atom stereocenters. The number of nitrogens with two attached hydrogens (primary N) is 1. The molecule has 5 nitrogen and oxygen atoms in total. The molecule has 0 aromatic heterocycles. The standard InChI is InChI=1S/C14H19FN2O3S/c1-21(19,20)17-12-6-5-10(9-11(12)15)14(13(16)18)7-3-2-4-8-14/h5-6,9,17H,2-4,7-8H2,1H3,(H2,16,18). The van der Waals surface area contributed by atoms with Crippen molar-refractivity contribution in [1.82, 2.24) is 0 Å². The minimum absolute atomic E-state index is 0.128. The van der Waals surface area contributed by atoms with E-state index >= 15 is 0 Å². The zero-order valence-corrected chi connectivity index (χ0v) is 12.7. The number of rotatable bonds is 4. The van der Waals surface area contributed by atoms with Crippen LogP contribution < -0.4 is 10.5 Å². The van der Waals surface area contributed by atoms with Crippen molar-refractivity contribution >= 4 is 21.6 Å². The lowest BCUT2D eigenvalue weighted by Gasteiger charge is -2.34. The van der Waals surface area contributed by atoms with Crippen LogP contribution in [-0.2, 0) is 20.2 Å². The molecule has 0 heterocycles. The molecule has 1 aromatic carbocycles. The van der Waals surface area contributed by atoms with E-state index in [2.05, 4.69) is 4.72 Å². The highest BCUT2D eigenvalue weighted by Gasteiger charge is 2.39. The molecule has 116 valence electrons. The number of carbonyl (C=O) groups excluding carboxylic acids is 1. The molecule has 7 heteroatoms. The summed E-state index contributed by atoms with van der Waals surface area (Å²) < 4.78 is 38.5. The van der Waals surface area contributed by atoms with E-state index in [1.54, 1.807) is 6.07 Å². The van der Waals surface area contributed by atoms with Gasteiger partial charge in [0.2, 0.25) is 15.9 Å². The number of halogens is 1. The van der Waals surface area contributed by atoms with E-state index in [0.29, 0.717) is 18.4 Å². The molecule has 0 saturated heterocycles. The lowest BCUT2D eigenvalue weighted by Crippen LogP contribution is -2.42. The molecule has 1 fully saturated rings. The summed E-state index contributed by atoms with van der Waals surface area (Å²) in [5, 5.41) is 0. The fourth-order valence-electron chi connectivity index (χ4n) is 2.93. The van der Waals surface area contributed by atoms with Crippen molar-refractivity contribution in [2.24, 2.45) is 5.73 Å². The minimum Gasteiger partial charge on any atom is -0.369 e. The summed E-state index contributed by atoms with van der Waals surface area (Å²) >= 11 is 0. The van der Waals surface area contributed by atoms with Crippen molar-refractivity contribution in [2.75, 3.05) is 11.0 Å². The predicted molar refractivity (Wildman–Crippen MR) is 78.8 cm³/mol. The van der Waals surface area contributed by atoms with Crippen LogP contribution in [0.5, 0.6) is 0 Å². The Bertz CT molecular complexity index is 652. The molecule has 0 unspecified atom stereocenters. The number of sulfonamides is 1. The zero-order chi connectivity index (χ0) is 15.7. The first kappa shape index (κ1) is 15.8. The smallest absolute Gasteiger partial charge is 0.229 e. The summed E-state index contributed by atoms with van der Waals surface area (Å²) in [5.41, 5.74) is 5.10. The Balaban J connectivity index is 2.40. The lowest BCUT2D eigenvalue weighted by molar-refractivity contribution is -0.124. The van der Waals surface area contributed by atoms with Crippen LogP contribution in [0.15, 0.2) is 18.2 Å². The molecule has 2 rings (SSSR count). The maximum atomic E-state index is 14.1. The van der Waals surface area contributed by atoms with Gasteiger partial charge in [-0.3, -0.25) is 9.52 Å². The molecular weight excluding hydrogens is 295 g/mol. The molecule has 0 spiro atoms. The van der Waals surface area contributed by atoms with Crippen LogP contribution in [0.25, 0.3) is 0 Å². The number of anilines is 1. The van der Waals surface area contributed by atoms with Gasteiger partial charge in [-0.15, -0.1) is 0 Å². The predicted octanol–water partition coefficient (Wildman–Crippen LogP) is 1.88. The average molecular weight is 314 g/mol. The van der Waals surface area contributed by atoms with Crippen molar-refractivity contribution in [1.29, 1.82) is 0 Å². The SMILES string of the molecule is CS(=O)(=O)Nc1ccc(C2(C(N)=O)CCCCC2)cc1F. The Morgan fingerprint density at radius 3 is 2.38 bits per heavy atom. The quantitative estimate of drug-likeness (QED) is 0.889. The highest BCUT2D eigenvalue weighted by Crippen LogP contribution is 2.40. The lowest BCUT2D eigenvalue weighted by atomic mass is 9.69. The summed E-state index contributed by atoms with van der Waals surface area (Å²) in [6.45, 7) is 0. The van der Waals surface area contributed by atoms with Gasteiger partial charge >= 0.3 is 0 Å². The molecule has 0 bridgehead atoms. The summed E-state index contributed by atoms with van der Waals surface area (Å²) in [5.74, 6) is -1.16. The van der Waals surface area contributed by atoms with E-state index in [9.17, 15) is 17.6 Å². The summed E-state index contributed by atoms with van der Waals surface area (Å²) in [4.78, 5) is 11.9. The molecular formula is C14H19FN2O3S. The fourth-order valence-corrected chi connectivity index (χ4v) is 3.49. The molecule has 1 saturated carbocycles. The third-order valence-electron chi connectivity index (χ3n) is 4.00. The second kappa shape index (κ2) is 5.63. The molecule has 0 aliphatic heterocycles. The normalized spacial score (nSPS) is 18.2. The monoisotopic (exact) mass is 314 g/mol. The highest BCUT2D eigenvalue weighted by molar-refractivity contribution is 7.92. The Kier molecular flexibility index (Phi) is 4.22. The fraction of sp³-hybridized carbons (Fsp3) is 0.500. The molecule has 0 radical (unpaired) electrons.